The number of likely N-dealkylation sites (tertiary alicyclic amines) is 1. The zero-order chi connectivity index (χ0) is 14.0. The van der Waals surface area contributed by atoms with Crippen molar-refractivity contribution >= 4 is 11.6 Å². The normalized spacial score (nSPS) is 21.7. The van der Waals surface area contributed by atoms with Crippen LogP contribution in [-0.4, -0.2) is 39.8 Å². The summed E-state index contributed by atoms with van der Waals surface area (Å²) >= 11 is 0. The first kappa shape index (κ1) is 13.5. The molecule has 1 atom stereocenters. The molecule has 1 aromatic heterocycles. The molecular weight excluding hydrogens is 242 g/mol. The molecule has 0 aromatic carbocycles. The predicted molar refractivity (Wildman–Crippen MR) is 72.6 cm³/mol. The van der Waals surface area contributed by atoms with Gasteiger partial charge < -0.3 is 10.1 Å². The Balaban J connectivity index is 2.17. The summed E-state index contributed by atoms with van der Waals surface area (Å²) < 4.78 is 0. The Bertz CT molecular complexity index is 525. The van der Waals surface area contributed by atoms with Gasteiger partial charge in [0.2, 0.25) is 0 Å². The number of pyridine rings is 1. The van der Waals surface area contributed by atoms with Gasteiger partial charge in [-0.3, -0.25) is 9.78 Å². The molecule has 0 aliphatic carbocycles. The van der Waals surface area contributed by atoms with E-state index in [1.165, 1.54) is 0 Å². The molecule has 1 amide bonds. The Kier molecular flexibility index (Phi) is 3.83. The molecule has 0 saturated carbocycles. The maximum Gasteiger partial charge on any atom is 0.255 e. The number of nitrogens with zero attached hydrogens (tertiary/aromatic N) is 3. The topological polar surface area (TPSA) is 65.8 Å². The number of aromatic nitrogens is 1. The van der Waals surface area contributed by atoms with Crippen LogP contribution in [0.1, 0.15) is 35.1 Å². The third-order valence-corrected chi connectivity index (χ3v) is 3.57. The highest BCUT2D eigenvalue weighted by Gasteiger charge is 2.27. The maximum atomic E-state index is 12.5. The minimum Gasteiger partial charge on any atom is -0.411 e. The average molecular weight is 261 g/mol. The van der Waals surface area contributed by atoms with Gasteiger partial charge in [-0.15, -0.1) is 0 Å². The van der Waals surface area contributed by atoms with Crippen LogP contribution in [0.2, 0.25) is 0 Å². The van der Waals surface area contributed by atoms with Crippen molar-refractivity contribution in [3.63, 3.8) is 0 Å². The molecule has 5 nitrogen and oxygen atoms in total. The Morgan fingerprint density at radius 3 is 2.79 bits per heavy atom. The second kappa shape index (κ2) is 5.38. The molecule has 2 heterocycles. The molecule has 0 radical (unpaired) electrons. The van der Waals surface area contributed by atoms with Gasteiger partial charge in [0.15, 0.2) is 0 Å². The lowest BCUT2D eigenvalue weighted by atomic mass is 9.97. The summed E-state index contributed by atoms with van der Waals surface area (Å²) in [6, 6.07) is 3.69. The fourth-order valence-electron chi connectivity index (χ4n) is 2.44. The van der Waals surface area contributed by atoms with E-state index >= 15 is 0 Å². The van der Waals surface area contributed by atoms with Crippen LogP contribution in [0.25, 0.3) is 0 Å². The monoisotopic (exact) mass is 261 g/mol. The number of amides is 1. The van der Waals surface area contributed by atoms with Crippen LogP contribution in [-0.2, 0) is 0 Å². The molecule has 1 saturated heterocycles. The lowest BCUT2D eigenvalue weighted by Crippen LogP contribution is -2.43. The van der Waals surface area contributed by atoms with Gasteiger partial charge in [0.25, 0.3) is 5.91 Å². The highest BCUT2D eigenvalue weighted by atomic mass is 16.4. The minimum atomic E-state index is 0.00818. The van der Waals surface area contributed by atoms with E-state index in [9.17, 15) is 4.79 Å². The number of rotatable bonds is 1. The van der Waals surface area contributed by atoms with Crippen molar-refractivity contribution in [2.75, 3.05) is 13.1 Å². The van der Waals surface area contributed by atoms with Gasteiger partial charge in [0, 0.05) is 31.1 Å². The first-order valence-electron chi connectivity index (χ1n) is 6.47. The minimum absolute atomic E-state index is 0.00818. The fourth-order valence-corrected chi connectivity index (χ4v) is 2.44. The molecule has 1 unspecified atom stereocenters. The van der Waals surface area contributed by atoms with Crippen LogP contribution in [0, 0.1) is 19.8 Å². The van der Waals surface area contributed by atoms with Crippen LogP contribution in [0.3, 0.4) is 0 Å². The van der Waals surface area contributed by atoms with Crippen molar-refractivity contribution in [3.8, 4) is 0 Å². The maximum absolute atomic E-state index is 12.5. The van der Waals surface area contributed by atoms with E-state index in [2.05, 4.69) is 10.1 Å². The molecule has 2 rings (SSSR count). The SMILES string of the molecule is Cc1ccc(C(=O)N2CC/C(=N\O)C(C)C2)c(C)n1. The van der Waals surface area contributed by atoms with Crippen molar-refractivity contribution < 1.29 is 10.0 Å². The summed E-state index contributed by atoms with van der Waals surface area (Å²) in [6.07, 6.45) is 0.627. The van der Waals surface area contributed by atoms with Gasteiger partial charge in [-0.25, -0.2) is 0 Å². The van der Waals surface area contributed by atoms with Gasteiger partial charge in [0.05, 0.1) is 17.0 Å². The van der Waals surface area contributed by atoms with E-state index in [-0.39, 0.29) is 11.8 Å². The third kappa shape index (κ3) is 2.75. The number of piperidine rings is 1. The number of oxime groups is 1. The molecule has 1 fully saturated rings. The molecule has 0 spiro atoms. The second-order valence-electron chi connectivity index (χ2n) is 5.08. The van der Waals surface area contributed by atoms with E-state index < -0.39 is 0 Å². The Morgan fingerprint density at radius 2 is 2.21 bits per heavy atom. The zero-order valence-electron chi connectivity index (χ0n) is 11.6. The number of hydrogen-bond donors (Lipinski definition) is 1. The van der Waals surface area contributed by atoms with Crippen LogP contribution in [0.4, 0.5) is 0 Å². The number of carbonyl (C=O) groups excluding carboxylic acids is 1. The van der Waals surface area contributed by atoms with E-state index in [0.717, 1.165) is 17.1 Å². The molecule has 1 aromatic rings. The van der Waals surface area contributed by atoms with Crippen LogP contribution >= 0.6 is 0 Å². The molecule has 102 valence electrons. The summed E-state index contributed by atoms with van der Waals surface area (Å²) in [7, 11) is 0. The Hall–Kier alpha value is -1.91. The van der Waals surface area contributed by atoms with E-state index in [4.69, 9.17) is 5.21 Å². The third-order valence-electron chi connectivity index (χ3n) is 3.57. The molecule has 0 bridgehead atoms. The predicted octanol–water partition coefficient (Wildman–Crippen LogP) is 2.01. The highest BCUT2D eigenvalue weighted by molar-refractivity contribution is 5.97. The zero-order valence-corrected chi connectivity index (χ0v) is 11.6. The molecular formula is C14H19N3O2. The first-order valence-corrected chi connectivity index (χ1v) is 6.47. The van der Waals surface area contributed by atoms with Crippen LogP contribution in [0.5, 0.6) is 0 Å². The van der Waals surface area contributed by atoms with E-state index in [0.29, 0.717) is 25.1 Å². The largest absolute Gasteiger partial charge is 0.411 e. The van der Waals surface area contributed by atoms with Crippen molar-refractivity contribution in [1.29, 1.82) is 0 Å². The molecule has 1 aliphatic heterocycles. The van der Waals surface area contributed by atoms with Gasteiger partial charge in [-0.2, -0.15) is 0 Å². The van der Waals surface area contributed by atoms with Gasteiger partial charge in [-0.05, 0) is 26.0 Å². The molecule has 1 N–H and O–H groups in total. The van der Waals surface area contributed by atoms with Gasteiger partial charge in [-0.1, -0.05) is 12.1 Å². The van der Waals surface area contributed by atoms with Crippen molar-refractivity contribution in [2.24, 2.45) is 11.1 Å². The Labute approximate surface area is 112 Å². The summed E-state index contributed by atoms with van der Waals surface area (Å²) in [6.45, 7) is 6.92. The number of carbonyl (C=O) groups is 1. The van der Waals surface area contributed by atoms with Crippen molar-refractivity contribution in [3.05, 3.63) is 29.1 Å². The quantitative estimate of drug-likeness (QED) is 0.621. The molecule has 19 heavy (non-hydrogen) atoms. The second-order valence-corrected chi connectivity index (χ2v) is 5.08. The lowest BCUT2D eigenvalue weighted by molar-refractivity contribution is 0.0732. The summed E-state index contributed by atoms with van der Waals surface area (Å²) in [5.74, 6) is 0.107. The first-order chi connectivity index (χ1) is 9.02. The number of aryl methyl sites for hydroxylation is 2. The van der Waals surface area contributed by atoms with Gasteiger partial charge in [0.1, 0.15) is 0 Å². The Morgan fingerprint density at radius 1 is 1.47 bits per heavy atom. The fraction of sp³-hybridized carbons (Fsp3) is 0.500. The molecule has 5 heteroatoms. The standard InChI is InChI=1S/C14H19N3O2/c1-9-8-17(7-6-13(9)16-19)14(18)12-5-4-10(2)15-11(12)3/h4-5,9,19H,6-8H2,1-3H3/b16-13+. The van der Waals surface area contributed by atoms with Crippen LogP contribution in [0.15, 0.2) is 17.3 Å². The highest BCUT2D eigenvalue weighted by Crippen LogP contribution is 2.18. The summed E-state index contributed by atoms with van der Waals surface area (Å²) in [4.78, 5) is 18.6. The van der Waals surface area contributed by atoms with Crippen molar-refractivity contribution in [2.45, 2.75) is 27.2 Å². The van der Waals surface area contributed by atoms with Gasteiger partial charge >= 0.3 is 0 Å². The summed E-state index contributed by atoms with van der Waals surface area (Å²) in [5, 5.41) is 12.1. The summed E-state index contributed by atoms with van der Waals surface area (Å²) in [5.41, 5.74) is 3.10. The van der Waals surface area contributed by atoms with Crippen molar-refractivity contribution in [1.82, 2.24) is 9.88 Å². The van der Waals surface area contributed by atoms with E-state index in [1.807, 2.05) is 32.9 Å². The molecule has 1 aliphatic rings. The van der Waals surface area contributed by atoms with Crippen LogP contribution < -0.4 is 0 Å². The average Bonchev–Trinajstić information content (AvgIpc) is 2.38. The smallest absolute Gasteiger partial charge is 0.255 e. The van der Waals surface area contributed by atoms with E-state index in [1.54, 1.807) is 4.90 Å². The lowest BCUT2D eigenvalue weighted by Gasteiger charge is -2.31. The number of hydrogen-bond acceptors (Lipinski definition) is 4.